The van der Waals surface area contributed by atoms with E-state index in [0.29, 0.717) is 23.7 Å². The Labute approximate surface area is 105 Å². The van der Waals surface area contributed by atoms with Crippen LogP contribution in [0.15, 0.2) is 0 Å². The average Bonchev–Trinajstić information content (AvgIpc) is 2.77. The van der Waals surface area contributed by atoms with E-state index in [2.05, 4.69) is 5.32 Å². The highest BCUT2D eigenvalue weighted by molar-refractivity contribution is 5.91. The summed E-state index contributed by atoms with van der Waals surface area (Å²) in [7, 11) is 0. The second kappa shape index (κ2) is 2.40. The fourth-order valence-electron chi connectivity index (χ4n) is 5.28. The Hall–Kier alpha value is -1.26. The minimum Gasteiger partial charge on any atom is -0.481 e. The molecule has 98 valence electrons. The van der Waals surface area contributed by atoms with Gasteiger partial charge in [0.15, 0.2) is 0 Å². The van der Waals surface area contributed by atoms with Crippen molar-refractivity contribution in [2.24, 2.45) is 29.1 Å². The molecule has 0 heterocycles. The van der Waals surface area contributed by atoms with Gasteiger partial charge in [-0.3, -0.25) is 4.79 Å². The van der Waals surface area contributed by atoms with Crippen LogP contribution in [0.4, 0.5) is 4.79 Å². The molecule has 5 aliphatic carbocycles. The molecule has 0 aromatic carbocycles. The molecule has 5 rings (SSSR count). The normalized spacial score (nSPS) is 53.1. The number of amides is 1. The zero-order valence-electron chi connectivity index (χ0n) is 10.7. The van der Waals surface area contributed by atoms with Crippen LogP contribution in [0.1, 0.15) is 27.2 Å². The maximum absolute atomic E-state index is 11.9. The molecule has 0 spiro atoms. The molecule has 6 atom stereocenters. The van der Waals surface area contributed by atoms with E-state index in [1.54, 1.807) is 0 Å². The number of rotatable bonds is 2. The molecule has 2 bridgehead atoms. The summed E-state index contributed by atoms with van der Waals surface area (Å²) in [6.07, 6.45) is 0.499. The fraction of sp³-hybridized carbons (Fsp3) is 0.846. The molecule has 5 aliphatic rings. The van der Waals surface area contributed by atoms with Gasteiger partial charge in [-0.25, -0.2) is 4.79 Å². The summed E-state index contributed by atoms with van der Waals surface area (Å²) in [5, 5.41) is 12.3. The van der Waals surface area contributed by atoms with Gasteiger partial charge in [0.05, 0.1) is 11.0 Å². The van der Waals surface area contributed by atoms with Crippen LogP contribution in [0.3, 0.4) is 0 Å². The molecule has 0 unspecified atom stereocenters. The number of hydrogen-bond donors (Lipinski definition) is 2. The van der Waals surface area contributed by atoms with Crippen LogP contribution in [0.2, 0.25) is 0 Å². The Morgan fingerprint density at radius 1 is 1.28 bits per heavy atom. The summed E-state index contributed by atoms with van der Waals surface area (Å²) in [6.45, 7) is 5.42. The van der Waals surface area contributed by atoms with Crippen LogP contribution >= 0.6 is 0 Å². The SMILES string of the molecule is CC(C)(C)OC(=O)N[C@]12[C@H]3[C@H]4[C@@H](C[C@@H]31)[C@@]42C(=O)O. The minimum atomic E-state index is -0.732. The average molecular weight is 251 g/mol. The van der Waals surface area contributed by atoms with Crippen molar-refractivity contribution < 1.29 is 19.4 Å². The summed E-state index contributed by atoms with van der Waals surface area (Å²) >= 11 is 0. The van der Waals surface area contributed by atoms with Gasteiger partial charge in [-0.2, -0.15) is 0 Å². The summed E-state index contributed by atoms with van der Waals surface area (Å²) in [5.74, 6) is 0.696. The maximum atomic E-state index is 11.9. The Morgan fingerprint density at radius 2 is 1.94 bits per heavy atom. The zero-order chi connectivity index (χ0) is 13.1. The lowest BCUT2D eigenvalue weighted by Crippen LogP contribution is -2.56. The van der Waals surface area contributed by atoms with Crippen LogP contribution in [0, 0.1) is 29.1 Å². The van der Waals surface area contributed by atoms with Gasteiger partial charge in [0.25, 0.3) is 0 Å². The first-order chi connectivity index (χ1) is 8.27. The van der Waals surface area contributed by atoms with E-state index in [1.165, 1.54) is 0 Å². The monoisotopic (exact) mass is 251 g/mol. The van der Waals surface area contributed by atoms with Gasteiger partial charge < -0.3 is 15.2 Å². The molecule has 5 fully saturated rings. The molecule has 0 aromatic heterocycles. The van der Waals surface area contributed by atoms with Gasteiger partial charge in [-0.05, 0) is 50.9 Å². The van der Waals surface area contributed by atoms with Crippen LogP contribution in [-0.4, -0.2) is 28.3 Å². The van der Waals surface area contributed by atoms with E-state index in [9.17, 15) is 14.7 Å². The molecule has 0 aromatic rings. The highest BCUT2D eigenvalue weighted by Gasteiger charge is 3.07. The fourth-order valence-corrected chi connectivity index (χ4v) is 5.28. The lowest BCUT2D eigenvalue weighted by Gasteiger charge is -2.34. The van der Waals surface area contributed by atoms with Crippen molar-refractivity contribution in [3.05, 3.63) is 0 Å². The van der Waals surface area contributed by atoms with Crippen molar-refractivity contribution >= 4 is 12.1 Å². The van der Waals surface area contributed by atoms with Crippen LogP contribution in [0.5, 0.6) is 0 Å². The van der Waals surface area contributed by atoms with E-state index < -0.39 is 28.6 Å². The summed E-state index contributed by atoms with van der Waals surface area (Å²) in [6, 6.07) is 0. The molecule has 2 N–H and O–H groups in total. The smallest absolute Gasteiger partial charge is 0.408 e. The first-order valence-electron chi connectivity index (χ1n) is 6.51. The molecule has 1 amide bonds. The van der Waals surface area contributed by atoms with Gasteiger partial charge >= 0.3 is 12.1 Å². The molecule has 5 heteroatoms. The lowest BCUT2D eigenvalue weighted by molar-refractivity contribution is -0.148. The van der Waals surface area contributed by atoms with Gasteiger partial charge in [0, 0.05) is 0 Å². The molecule has 0 radical (unpaired) electrons. The minimum absolute atomic E-state index is 0.305. The van der Waals surface area contributed by atoms with E-state index in [4.69, 9.17) is 4.74 Å². The highest BCUT2D eigenvalue weighted by Crippen LogP contribution is 3.00. The highest BCUT2D eigenvalue weighted by atomic mass is 16.6. The second-order valence-corrected chi connectivity index (χ2v) is 7.17. The quantitative estimate of drug-likeness (QED) is 0.774. The van der Waals surface area contributed by atoms with Crippen LogP contribution in [-0.2, 0) is 9.53 Å². The standard InChI is InChI=1S/C13H17NO4/c1-11(2,3)18-10(17)14-13-6-4-5-7(8(6)13)12(5,13)9(15)16/h5-8H,4H2,1-3H3,(H,14,17)(H,15,16)/t5-,6+,7-,8-,12+,13+/m1/s1. The van der Waals surface area contributed by atoms with Crippen molar-refractivity contribution in [1.29, 1.82) is 0 Å². The number of alkyl carbamates (subject to hydrolysis) is 1. The summed E-state index contributed by atoms with van der Waals surface area (Å²) in [5.41, 5.74) is -1.65. The molecular formula is C13H17NO4. The topological polar surface area (TPSA) is 75.6 Å². The van der Waals surface area contributed by atoms with Crippen molar-refractivity contribution in [3.63, 3.8) is 0 Å². The third kappa shape index (κ3) is 0.780. The van der Waals surface area contributed by atoms with E-state index in [0.717, 1.165) is 6.42 Å². The molecule has 18 heavy (non-hydrogen) atoms. The van der Waals surface area contributed by atoms with Crippen LogP contribution in [0.25, 0.3) is 0 Å². The molecule has 0 saturated heterocycles. The van der Waals surface area contributed by atoms with Gasteiger partial charge in [-0.1, -0.05) is 0 Å². The maximum Gasteiger partial charge on any atom is 0.408 e. The summed E-state index contributed by atoms with van der Waals surface area (Å²) in [4.78, 5) is 23.4. The number of carboxylic acids is 1. The Balaban J connectivity index is 1.55. The number of carboxylic acid groups (broad SMARTS) is 1. The Morgan fingerprint density at radius 3 is 2.39 bits per heavy atom. The van der Waals surface area contributed by atoms with Crippen molar-refractivity contribution in [3.8, 4) is 0 Å². The third-order valence-electron chi connectivity index (χ3n) is 5.51. The third-order valence-corrected chi connectivity index (χ3v) is 5.51. The van der Waals surface area contributed by atoms with Gasteiger partial charge in [0.1, 0.15) is 5.60 Å². The molecule has 0 aliphatic heterocycles. The number of carbonyl (C=O) groups is 2. The zero-order valence-corrected chi connectivity index (χ0v) is 10.7. The van der Waals surface area contributed by atoms with Crippen molar-refractivity contribution in [2.75, 3.05) is 0 Å². The summed E-state index contributed by atoms with van der Waals surface area (Å²) < 4.78 is 5.25. The first kappa shape index (κ1) is 10.6. The number of carbonyl (C=O) groups excluding carboxylic acids is 1. The predicted molar refractivity (Wildman–Crippen MR) is 60.7 cm³/mol. The lowest BCUT2D eigenvalue weighted by atomic mass is 9.78. The predicted octanol–water partition coefficient (Wildman–Crippen LogP) is 1.23. The molecule has 5 nitrogen and oxygen atoms in total. The molecular weight excluding hydrogens is 234 g/mol. The van der Waals surface area contributed by atoms with E-state index >= 15 is 0 Å². The van der Waals surface area contributed by atoms with Crippen molar-refractivity contribution in [1.82, 2.24) is 5.32 Å². The van der Waals surface area contributed by atoms with Gasteiger partial charge in [0.2, 0.25) is 0 Å². The number of hydrogen-bond acceptors (Lipinski definition) is 3. The molecule has 5 saturated carbocycles. The van der Waals surface area contributed by atoms with Crippen LogP contribution < -0.4 is 5.32 Å². The van der Waals surface area contributed by atoms with E-state index in [1.807, 2.05) is 20.8 Å². The van der Waals surface area contributed by atoms with Gasteiger partial charge in [-0.15, -0.1) is 0 Å². The number of ether oxygens (including phenoxy) is 1. The van der Waals surface area contributed by atoms with Crippen molar-refractivity contribution in [2.45, 2.75) is 38.3 Å². The van der Waals surface area contributed by atoms with E-state index in [-0.39, 0.29) is 0 Å². The Bertz CT molecular complexity index is 484. The largest absolute Gasteiger partial charge is 0.481 e. The Kier molecular flexibility index (Phi) is 1.42. The number of aliphatic carboxylic acids is 1. The number of nitrogens with one attached hydrogen (secondary N) is 1. The second-order valence-electron chi connectivity index (χ2n) is 7.17. The first-order valence-corrected chi connectivity index (χ1v) is 6.51.